The number of hydrazine groups is 1. The van der Waals surface area contributed by atoms with E-state index in [1.165, 1.54) is 0 Å². The second-order valence-electron chi connectivity index (χ2n) is 4.70. The highest BCUT2D eigenvalue weighted by molar-refractivity contribution is 9.10. The molecule has 0 radical (unpaired) electrons. The van der Waals surface area contributed by atoms with E-state index in [1.54, 1.807) is 12.4 Å². The number of anilines is 1. The van der Waals surface area contributed by atoms with Crippen LogP contribution in [0.4, 0.5) is 5.82 Å². The van der Waals surface area contributed by atoms with E-state index in [0.717, 1.165) is 22.2 Å². The second kappa shape index (κ2) is 6.08. The number of rotatable bonds is 4. The summed E-state index contributed by atoms with van der Waals surface area (Å²) < 4.78 is 0.894. The molecule has 0 aliphatic rings. The summed E-state index contributed by atoms with van der Waals surface area (Å²) in [6.45, 7) is 4.30. The van der Waals surface area contributed by atoms with Crippen LogP contribution in [0.15, 0.2) is 29.0 Å². The summed E-state index contributed by atoms with van der Waals surface area (Å²) in [5.41, 5.74) is 4.41. The van der Waals surface area contributed by atoms with Gasteiger partial charge < -0.3 is 5.43 Å². The van der Waals surface area contributed by atoms with Crippen LogP contribution in [0.2, 0.25) is 0 Å². The lowest BCUT2D eigenvalue weighted by Gasteiger charge is -2.09. The summed E-state index contributed by atoms with van der Waals surface area (Å²) in [5.74, 6) is 7.22. The van der Waals surface area contributed by atoms with Crippen molar-refractivity contribution in [2.45, 2.75) is 20.3 Å². The zero-order valence-electron chi connectivity index (χ0n) is 10.9. The largest absolute Gasteiger partial charge is 0.308 e. The molecule has 0 saturated carbocycles. The first-order valence-electron chi connectivity index (χ1n) is 6.04. The predicted molar refractivity (Wildman–Crippen MR) is 79.3 cm³/mol. The first-order chi connectivity index (χ1) is 9.08. The molecule has 2 heterocycles. The highest BCUT2D eigenvalue weighted by atomic mass is 79.9. The molecule has 0 bridgehead atoms. The number of nitrogens with two attached hydrogens (primary N) is 1. The highest BCUT2D eigenvalue weighted by Gasteiger charge is 2.08. The minimum absolute atomic E-state index is 0.522. The van der Waals surface area contributed by atoms with Crippen LogP contribution in [0, 0.1) is 5.92 Å². The predicted octanol–water partition coefficient (Wildman–Crippen LogP) is 2.79. The molecule has 19 heavy (non-hydrogen) atoms. The second-order valence-corrected chi connectivity index (χ2v) is 5.62. The topological polar surface area (TPSA) is 76.7 Å². The zero-order chi connectivity index (χ0) is 13.8. The van der Waals surface area contributed by atoms with Gasteiger partial charge in [-0.15, -0.1) is 0 Å². The van der Waals surface area contributed by atoms with Crippen molar-refractivity contribution in [2.24, 2.45) is 11.8 Å². The minimum Gasteiger partial charge on any atom is -0.308 e. The maximum atomic E-state index is 5.46. The SMILES string of the molecule is CC(C)Cc1cc(NN)nc(-c2cncc(Br)c2)n1. The van der Waals surface area contributed by atoms with E-state index in [9.17, 15) is 0 Å². The monoisotopic (exact) mass is 321 g/mol. The summed E-state index contributed by atoms with van der Waals surface area (Å²) in [4.78, 5) is 13.1. The molecular weight excluding hydrogens is 306 g/mol. The molecule has 0 atom stereocenters. The lowest BCUT2D eigenvalue weighted by molar-refractivity contribution is 0.635. The van der Waals surface area contributed by atoms with E-state index in [0.29, 0.717) is 17.6 Å². The number of nitrogen functional groups attached to an aromatic ring is 1. The molecule has 0 fully saturated rings. The maximum Gasteiger partial charge on any atom is 0.163 e. The summed E-state index contributed by atoms with van der Waals surface area (Å²) in [5, 5.41) is 0. The van der Waals surface area contributed by atoms with Gasteiger partial charge in [0, 0.05) is 34.2 Å². The van der Waals surface area contributed by atoms with Gasteiger partial charge in [0.05, 0.1) is 0 Å². The smallest absolute Gasteiger partial charge is 0.163 e. The summed E-state index contributed by atoms with van der Waals surface area (Å²) in [6, 6.07) is 3.80. The molecule has 0 aliphatic heterocycles. The molecule has 0 aliphatic carbocycles. The van der Waals surface area contributed by atoms with Crippen LogP contribution in [0.3, 0.4) is 0 Å². The van der Waals surface area contributed by atoms with Crippen molar-refractivity contribution in [2.75, 3.05) is 5.43 Å². The number of nitrogens with zero attached hydrogens (tertiary/aromatic N) is 3. The number of hydrogen-bond acceptors (Lipinski definition) is 5. The van der Waals surface area contributed by atoms with Gasteiger partial charge in [-0.3, -0.25) is 4.98 Å². The van der Waals surface area contributed by atoms with Gasteiger partial charge in [0.2, 0.25) is 0 Å². The van der Waals surface area contributed by atoms with Crippen LogP contribution in [-0.4, -0.2) is 15.0 Å². The number of aromatic nitrogens is 3. The van der Waals surface area contributed by atoms with Crippen molar-refractivity contribution < 1.29 is 0 Å². The quantitative estimate of drug-likeness (QED) is 0.669. The Morgan fingerprint density at radius 2 is 2.05 bits per heavy atom. The van der Waals surface area contributed by atoms with Crippen molar-refractivity contribution in [1.29, 1.82) is 0 Å². The highest BCUT2D eigenvalue weighted by Crippen LogP contribution is 2.21. The van der Waals surface area contributed by atoms with Crippen LogP contribution in [-0.2, 0) is 6.42 Å². The Hall–Kier alpha value is -1.53. The van der Waals surface area contributed by atoms with Crippen molar-refractivity contribution in [3.8, 4) is 11.4 Å². The molecule has 0 spiro atoms. The van der Waals surface area contributed by atoms with E-state index in [1.807, 2.05) is 12.1 Å². The van der Waals surface area contributed by atoms with Crippen molar-refractivity contribution in [1.82, 2.24) is 15.0 Å². The van der Waals surface area contributed by atoms with Gasteiger partial charge in [-0.1, -0.05) is 13.8 Å². The molecule has 3 N–H and O–H groups in total. The molecule has 2 rings (SSSR count). The van der Waals surface area contributed by atoms with E-state index in [-0.39, 0.29) is 0 Å². The fraction of sp³-hybridized carbons (Fsp3) is 0.308. The molecule has 100 valence electrons. The van der Waals surface area contributed by atoms with Crippen LogP contribution < -0.4 is 11.3 Å². The molecule has 6 heteroatoms. The van der Waals surface area contributed by atoms with E-state index >= 15 is 0 Å². The molecule has 0 unspecified atom stereocenters. The van der Waals surface area contributed by atoms with Crippen LogP contribution >= 0.6 is 15.9 Å². The van der Waals surface area contributed by atoms with Crippen molar-refractivity contribution in [3.63, 3.8) is 0 Å². The Morgan fingerprint density at radius 3 is 2.68 bits per heavy atom. The number of pyridine rings is 1. The lowest BCUT2D eigenvalue weighted by Crippen LogP contribution is -2.11. The Morgan fingerprint density at radius 1 is 1.26 bits per heavy atom. The average molecular weight is 322 g/mol. The Labute approximate surface area is 120 Å². The first-order valence-corrected chi connectivity index (χ1v) is 6.83. The van der Waals surface area contributed by atoms with Gasteiger partial charge in [-0.2, -0.15) is 0 Å². The van der Waals surface area contributed by atoms with Crippen LogP contribution in [0.5, 0.6) is 0 Å². The fourth-order valence-corrected chi connectivity index (χ4v) is 2.12. The Bertz CT molecular complexity index is 571. The molecule has 0 saturated heterocycles. The lowest BCUT2D eigenvalue weighted by atomic mass is 10.1. The molecule has 5 nitrogen and oxygen atoms in total. The third kappa shape index (κ3) is 3.71. The average Bonchev–Trinajstić information content (AvgIpc) is 2.37. The van der Waals surface area contributed by atoms with Gasteiger partial charge in [-0.25, -0.2) is 15.8 Å². The number of halogens is 1. The van der Waals surface area contributed by atoms with Crippen molar-refractivity contribution in [3.05, 3.63) is 34.7 Å². The van der Waals surface area contributed by atoms with Gasteiger partial charge >= 0.3 is 0 Å². The van der Waals surface area contributed by atoms with Crippen LogP contribution in [0.1, 0.15) is 19.5 Å². The van der Waals surface area contributed by atoms with E-state index < -0.39 is 0 Å². The number of nitrogens with one attached hydrogen (secondary N) is 1. The van der Waals surface area contributed by atoms with Gasteiger partial charge in [-0.05, 0) is 34.3 Å². The Balaban J connectivity index is 2.44. The third-order valence-electron chi connectivity index (χ3n) is 2.51. The van der Waals surface area contributed by atoms with Crippen LogP contribution in [0.25, 0.3) is 11.4 Å². The minimum atomic E-state index is 0.522. The maximum absolute atomic E-state index is 5.46. The Kier molecular flexibility index (Phi) is 4.44. The summed E-state index contributed by atoms with van der Waals surface area (Å²) >= 11 is 3.40. The molecule has 0 amide bonds. The first kappa shape index (κ1) is 13.9. The summed E-state index contributed by atoms with van der Waals surface area (Å²) in [6.07, 6.45) is 4.34. The molecule has 0 aromatic carbocycles. The van der Waals surface area contributed by atoms with Gasteiger partial charge in [0.1, 0.15) is 5.82 Å². The molecule has 2 aromatic rings. The van der Waals surface area contributed by atoms with Gasteiger partial charge in [0.15, 0.2) is 5.82 Å². The third-order valence-corrected chi connectivity index (χ3v) is 2.94. The van der Waals surface area contributed by atoms with Gasteiger partial charge in [0.25, 0.3) is 0 Å². The summed E-state index contributed by atoms with van der Waals surface area (Å²) in [7, 11) is 0. The van der Waals surface area contributed by atoms with E-state index in [2.05, 4.69) is 50.2 Å². The standard InChI is InChI=1S/C13H16BrN5/c1-8(2)3-11-5-12(19-15)18-13(17-11)9-4-10(14)7-16-6-9/h4-8H,3,15H2,1-2H3,(H,17,18,19). The normalized spacial score (nSPS) is 10.8. The van der Waals surface area contributed by atoms with E-state index in [4.69, 9.17) is 5.84 Å². The van der Waals surface area contributed by atoms with Crippen molar-refractivity contribution >= 4 is 21.7 Å². The molecule has 2 aromatic heterocycles. The molecular formula is C13H16BrN5. The fourth-order valence-electron chi connectivity index (χ4n) is 1.76. The number of hydrogen-bond donors (Lipinski definition) is 2. The zero-order valence-corrected chi connectivity index (χ0v) is 12.5.